The van der Waals surface area contributed by atoms with Crippen molar-refractivity contribution in [3.05, 3.63) is 64.4 Å². The highest BCUT2D eigenvalue weighted by atomic mass is 35.5. The summed E-state index contributed by atoms with van der Waals surface area (Å²) in [5, 5.41) is 0.101. The molecule has 3 rings (SSSR count). The Morgan fingerprint density at radius 1 is 1.19 bits per heavy atom. The van der Waals surface area contributed by atoms with E-state index in [2.05, 4.69) is 4.72 Å². The van der Waals surface area contributed by atoms with E-state index in [9.17, 15) is 12.8 Å². The Bertz CT molecular complexity index is 908. The summed E-state index contributed by atoms with van der Waals surface area (Å²) in [6.45, 7) is 4.06. The molecule has 0 spiro atoms. The molecule has 0 amide bonds. The third-order valence-corrected chi connectivity index (χ3v) is 6.87. The Morgan fingerprint density at radius 2 is 1.89 bits per heavy atom. The second-order valence-electron chi connectivity index (χ2n) is 6.86. The molecule has 0 radical (unpaired) electrons. The molecular formula is C20H23ClFNO3S. The Morgan fingerprint density at radius 3 is 2.56 bits per heavy atom. The Balaban J connectivity index is 1.91. The predicted molar refractivity (Wildman–Crippen MR) is 105 cm³/mol. The van der Waals surface area contributed by atoms with Crippen molar-refractivity contribution in [1.82, 2.24) is 4.72 Å². The zero-order chi connectivity index (χ0) is 19.7. The summed E-state index contributed by atoms with van der Waals surface area (Å²) in [4.78, 5) is 0. The molecule has 0 fully saturated rings. The summed E-state index contributed by atoms with van der Waals surface area (Å²) in [6, 6.07) is 11.1. The van der Waals surface area contributed by atoms with E-state index < -0.39 is 33.2 Å². The number of ether oxygens (including phenoxy) is 1. The fourth-order valence-electron chi connectivity index (χ4n) is 3.53. The Kier molecular flexibility index (Phi) is 5.79. The standard InChI is InChI=1S/C20H23ClFNO3S/c1-3-20(4-2)12-18(14-8-5-6-11-19(14)26-20)23-27(24,25)13-15-16(21)9-7-10-17(15)22/h5-11,18,23H,3-4,12-13H2,1-2H3. The number of rotatable bonds is 6. The van der Waals surface area contributed by atoms with Crippen molar-refractivity contribution in [2.24, 2.45) is 0 Å². The fraction of sp³-hybridized carbons (Fsp3) is 0.400. The molecule has 0 saturated heterocycles. The van der Waals surface area contributed by atoms with Crippen LogP contribution in [-0.2, 0) is 15.8 Å². The molecule has 1 unspecified atom stereocenters. The van der Waals surface area contributed by atoms with E-state index in [1.807, 2.05) is 38.1 Å². The highest BCUT2D eigenvalue weighted by molar-refractivity contribution is 7.88. The number of halogens is 2. The van der Waals surface area contributed by atoms with Gasteiger partial charge in [-0.15, -0.1) is 0 Å². The van der Waals surface area contributed by atoms with E-state index >= 15 is 0 Å². The van der Waals surface area contributed by atoms with E-state index in [-0.39, 0.29) is 10.6 Å². The van der Waals surface area contributed by atoms with E-state index in [0.29, 0.717) is 12.2 Å². The smallest absolute Gasteiger partial charge is 0.216 e. The molecule has 0 saturated carbocycles. The van der Waals surface area contributed by atoms with Crippen LogP contribution in [0.1, 0.15) is 50.3 Å². The maximum Gasteiger partial charge on any atom is 0.216 e. The normalized spacial score (nSPS) is 18.6. The highest BCUT2D eigenvalue weighted by Gasteiger charge is 2.39. The number of sulfonamides is 1. The van der Waals surface area contributed by atoms with Crippen LogP contribution in [0.15, 0.2) is 42.5 Å². The van der Waals surface area contributed by atoms with Crippen molar-refractivity contribution < 1.29 is 17.5 Å². The molecule has 146 valence electrons. The average Bonchev–Trinajstić information content (AvgIpc) is 2.64. The molecule has 27 heavy (non-hydrogen) atoms. The molecule has 0 aliphatic carbocycles. The van der Waals surface area contributed by atoms with Crippen LogP contribution in [0.2, 0.25) is 5.02 Å². The van der Waals surface area contributed by atoms with Crippen LogP contribution in [0.25, 0.3) is 0 Å². The molecule has 1 heterocycles. The molecule has 2 aromatic rings. The van der Waals surface area contributed by atoms with Gasteiger partial charge in [0.1, 0.15) is 17.2 Å². The minimum Gasteiger partial charge on any atom is -0.487 e. The molecule has 1 aliphatic rings. The largest absolute Gasteiger partial charge is 0.487 e. The number of para-hydroxylation sites is 1. The minimum absolute atomic E-state index is 0.0238. The zero-order valence-corrected chi connectivity index (χ0v) is 16.9. The van der Waals surface area contributed by atoms with Gasteiger partial charge < -0.3 is 4.74 Å². The quantitative estimate of drug-likeness (QED) is 0.729. The first-order valence-corrected chi connectivity index (χ1v) is 11.0. The molecule has 0 aromatic heterocycles. The molecule has 4 nitrogen and oxygen atoms in total. The van der Waals surface area contributed by atoms with Gasteiger partial charge in [0.15, 0.2) is 0 Å². The lowest BCUT2D eigenvalue weighted by Crippen LogP contribution is -2.44. The van der Waals surface area contributed by atoms with Gasteiger partial charge in [0.05, 0.1) is 11.8 Å². The van der Waals surface area contributed by atoms with Crippen LogP contribution < -0.4 is 9.46 Å². The van der Waals surface area contributed by atoms with Gasteiger partial charge in [0.2, 0.25) is 10.0 Å². The van der Waals surface area contributed by atoms with Gasteiger partial charge in [-0.05, 0) is 31.0 Å². The van der Waals surface area contributed by atoms with Gasteiger partial charge in [-0.2, -0.15) is 0 Å². The molecule has 7 heteroatoms. The van der Waals surface area contributed by atoms with Crippen molar-refractivity contribution in [2.75, 3.05) is 0 Å². The summed E-state index contributed by atoms with van der Waals surface area (Å²) in [5.74, 6) is -0.454. The number of hydrogen-bond acceptors (Lipinski definition) is 3. The molecular weight excluding hydrogens is 389 g/mol. The van der Waals surface area contributed by atoms with Crippen molar-refractivity contribution in [3.63, 3.8) is 0 Å². The molecule has 0 bridgehead atoms. The number of nitrogens with one attached hydrogen (secondary N) is 1. The predicted octanol–water partition coefficient (Wildman–Crippen LogP) is 4.98. The van der Waals surface area contributed by atoms with Crippen LogP contribution in [0.3, 0.4) is 0 Å². The molecule has 2 aromatic carbocycles. The van der Waals surface area contributed by atoms with Crippen molar-refractivity contribution in [3.8, 4) is 5.75 Å². The van der Waals surface area contributed by atoms with Crippen LogP contribution in [-0.4, -0.2) is 14.0 Å². The average molecular weight is 412 g/mol. The minimum atomic E-state index is -3.82. The van der Waals surface area contributed by atoms with Crippen LogP contribution >= 0.6 is 11.6 Å². The van der Waals surface area contributed by atoms with Crippen molar-refractivity contribution >= 4 is 21.6 Å². The van der Waals surface area contributed by atoms with Gasteiger partial charge in [-0.1, -0.05) is 49.7 Å². The summed E-state index contributed by atoms with van der Waals surface area (Å²) in [6.07, 6.45) is 2.03. The van der Waals surface area contributed by atoms with Gasteiger partial charge in [-0.3, -0.25) is 0 Å². The van der Waals surface area contributed by atoms with E-state index in [1.165, 1.54) is 18.2 Å². The van der Waals surface area contributed by atoms with Gasteiger partial charge in [0, 0.05) is 22.6 Å². The maximum absolute atomic E-state index is 14.0. The summed E-state index contributed by atoms with van der Waals surface area (Å²) in [5.41, 5.74) is 0.333. The summed E-state index contributed by atoms with van der Waals surface area (Å²) < 4.78 is 48.6. The first-order chi connectivity index (χ1) is 12.8. The first-order valence-electron chi connectivity index (χ1n) is 9.00. The second kappa shape index (κ2) is 7.78. The fourth-order valence-corrected chi connectivity index (χ4v) is 5.23. The number of benzene rings is 2. The van der Waals surface area contributed by atoms with Gasteiger partial charge >= 0.3 is 0 Å². The maximum atomic E-state index is 14.0. The number of hydrogen-bond donors (Lipinski definition) is 1. The summed E-state index contributed by atoms with van der Waals surface area (Å²) in [7, 11) is -3.82. The van der Waals surface area contributed by atoms with E-state index in [0.717, 1.165) is 18.4 Å². The molecule has 1 N–H and O–H groups in total. The third-order valence-electron chi connectivity index (χ3n) is 5.20. The Hall–Kier alpha value is -1.63. The van der Waals surface area contributed by atoms with Crippen LogP contribution in [0.5, 0.6) is 5.75 Å². The lowest BCUT2D eigenvalue weighted by Gasteiger charge is -2.41. The SMILES string of the molecule is CCC1(CC)CC(NS(=O)(=O)Cc2c(F)cccc2Cl)c2ccccc2O1. The van der Waals surface area contributed by atoms with E-state index in [1.54, 1.807) is 0 Å². The molecule has 1 atom stereocenters. The zero-order valence-electron chi connectivity index (χ0n) is 15.3. The lowest BCUT2D eigenvalue weighted by atomic mass is 9.84. The van der Waals surface area contributed by atoms with Crippen LogP contribution in [0, 0.1) is 5.82 Å². The summed E-state index contributed by atoms with van der Waals surface area (Å²) >= 11 is 6.00. The highest BCUT2D eigenvalue weighted by Crippen LogP contribution is 2.43. The van der Waals surface area contributed by atoms with Gasteiger partial charge in [0.25, 0.3) is 0 Å². The lowest BCUT2D eigenvalue weighted by molar-refractivity contribution is 0.0260. The van der Waals surface area contributed by atoms with Gasteiger partial charge in [-0.25, -0.2) is 17.5 Å². The van der Waals surface area contributed by atoms with Crippen LogP contribution in [0.4, 0.5) is 4.39 Å². The first kappa shape index (κ1) is 20.1. The molecule has 1 aliphatic heterocycles. The monoisotopic (exact) mass is 411 g/mol. The number of fused-ring (bicyclic) bond motifs is 1. The van der Waals surface area contributed by atoms with E-state index in [4.69, 9.17) is 16.3 Å². The second-order valence-corrected chi connectivity index (χ2v) is 9.02. The topological polar surface area (TPSA) is 55.4 Å². The van der Waals surface area contributed by atoms with Crippen molar-refractivity contribution in [1.29, 1.82) is 0 Å². The van der Waals surface area contributed by atoms with Crippen molar-refractivity contribution in [2.45, 2.75) is 50.5 Å². The third kappa shape index (κ3) is 4.28. The Labute approximate surface area is 164 Å².